The molecule has 114 valence electrons. The summed E-state index contributed by atoms with van der Waals surface area (Å²) in [6.07, 6.45) is -2.49. The predicted molar refractivity (Wildman–Crippen MR) is 64.3 cm³/mol. The summed E-state index contributed by atoms with van der Waals surface area (Å²) in [6.45, 7) is -1.86. The van der Waals surface area contributed by atoms with E-state index >= 15 is 0 Å². The molecule has 0 atom stereocenters. The highest BCUT2D eigenvalue weighted by Crippen LogP contribution is 2.35. The van der Waals surface area contributed by atoms with Crippen LogP contribution >= 0.6 is 0 Å². The molecule has 2 rings (SSSR count). The minimum atomic E-state index is -4.58. The Labute approximate surface area is 114 Å². The number of sulfonamides is 1. The molecule has 9 heteroatoms. The van der Waals surface area contributed by atoms with Crippen molar-refractivity contribution in [2.24, 2.45) is 7.05 Å². The van der Waals surface area contributed by atoms with Crippen LogP contribution in [0.1, 0.15) is 18.5 Å². The molecule has 0 aliphatic heterocycles. The number of aromatic nitrogens is 1. The minimum absolute atomic E-state index is 0.222. The zero-order valence-electron chi connectivity index (χ0n) is 10.8. The summed E-state index contributed by atoms with van der Waals surface area (Å²) in [5, 5.41) is 9.03. The summed E-state index contributed by atoms with van der Waals surface area (Å²) in [5.41, 5.74) is 0.325. The normalized spacial score (nSPS) is 16.9. The summed E-state index contributed by atoms with van der Waals surface area (Å²) in [5.74, 6) is 0. The Kier molecular flexibility index (Phi) is 3.87. The van der Waals surface area contributed by atoms with Gasteiger partial charge in [-0.15, -0.1) is 0 Å². The Morgan fingerprint density at radius 2 is 2.05 bits per heavy atom. The van der Waals surface area contributed by atoms with Crippen LogP contribution in [-0.2, 0) is 23.7 Å². The van der Waals surface area contributed by atoms with E-state index in [-0.39, 0.29) is 11.5 Å². The first-order valence-electron chi connectivity index (χ1n) is 6.00. The van der Waals surface area contributed by atoms with E-state index in [1.807, 2.05) is 0 Å². The predicted octanol–water partition coefficient (Wildman–Crippen LogP) is 1.23. The zero-order chi connectivity index (χ0) is 15.1. The molecule has 20 heavy (non-hydrogen) atoms. The van der Waals surface area contributed by atoms with Crippen molar-refractivity contribution < 1.29 is 26.7 Å². The lowest BCUT2D eigenvalue weighted by Gasteiger charge is -2.22. The second-order valence-corrected chi connectivity index (χ2v) is 6.72. The second kappa shape index (κ2) is 5.05. The first-order valence-corrected chi connectivity index (χ1v) is 7.44. The fraction of sp³-hybridized carbons (Fsp3) is 0.636. The number of aliphatic hydroxyl groups excluding tert-OH is 1. The van der Waals surface area contributed by atoms with Crippen molar-refractivity contribution in [3.63, 3.8) is 0 Å². The first-order chi connectivity index (χ1) is 9.15. The highest BCUT2D eigenvalue weighted by molar-refractivity contribution is 7.89. The van der Waals surface area contributed by atoms with Gasteiger partial charge in [-0.1, -0.05) is 0 Å². The average Bonchev–Trinajstić information content (AvgIpc) is 3.07. The number of rotatable bonds is 5. The summed E-state index contributed by atoms with van der Waals surface area (Å²) in [6, 6.07) is 0.612. The SMILES string of the molecule is Cn1cc(S(=O)(=O)N(CC(F)(F)F)C2CC2)cc1CO. The molecule has 1 aromatic rings. The molecular weight excluding hydrogens is 297 g/mol. The maximum Gasteiger partial charge on any atom is 0.402 e. The van der Waals surface area contributed by atoms with E-state index in [9.17, 15) is 21.6 Å². The van der Waals surface area contributed by atoms with Crippen molar-refractivity contribution in [1.29, 1.82) is 0 Å². The fourth-order valence-electron chi connectivity index (χ4n) is 1.96. The molecule has 0 bridgehead atoms. The summed E-state index contributed by atoms with van der Waals surface area (Å²) in [4.78, 5) is -0.222. The van der Waals surface area contributed by atoms with E-state index in [4.69, 9.17) is 5.11 Å². The topological polar surface area (TPSA) is 62.5 Å². The Hall–Kier alpha value is -1.06. The first kappa shape index (κ1) is 15.3. The van der Waals surface area contributed by atoms with Crippen LogP contribution < -0.4 is 0 Å². The lowest BCUT2D eigenvalue weighted by molar-refractivity contribution is -0.137. The van der Waals surface area contributed by atoms with E-state index in [1.165, 1.54) is 23.9 Å². The van der Waals surface area contributed by atoms with Crippen molar-refractivity contribution in [2.45, 2.75) is 36.6 Å². The van der Waals surface area contributed by atoms with Gasteiger partial charge >= 0.3 is 6.18 Å². The molecule has 0 amide bonds. The average molecular weight is 312 g/mol. The van der Waals surface area contributed by atoms with Crippen LogP contribution in [0, 0.1) is 0 Å². The van der Waals surface area contributed by atoms with Crippen LogP contribution in [-0.4, -0.2) is 41.2 Å². The molecule has 0 spiro atoms. The Balaban J connectivity index is 2.35. The molecule has 1 heterocycles. The monoisotopic (exact) mass is 312 g/mol. The van der Waals surface area contributed by atoms with Gasteiger partial charge in [-0.3, -0.25) is 0 Å². The van der Waals surface area contributed by atoms with Crippen molar-refractivity contribution in [3.8, 4) is 0 Å². The molecule has 1 fully saturated rings. The molecule has 0 saturated heterocycles. The van der Waals surface area contributed by atoms with Crippen LogP contribution in [0.5, 0.6) is 0 Å². The Bertz CT molecular complexity index is 591. The quantitative estimate of drug-likeness (QED) is 0.889. The molecule has 0 aromatic carbocycles. The van der Waals surface area contributed by atoms with E-state index in [0.29, 0.717) is 22.8 Å². The van der Waals surface area contributed by atoms with Gasteiger partial charge in [0.2, 0.25) is 10.0 Å². The van der Waals surface area contributed by atoms with Crippen molar-refractivity contribution in [3.05, 3.63) is 18.0 Å². The van der Waals surface area contributed by atoms with Gasteiger partial charge in [0.1, 0.15) is 11.4 Å². The number of halogens is 3. The summed E-state index contributed by atoms with van der Waals surface area (Å²) < 4.78 is 64.1. The van der Waals surface area contributed by atoms with Crippen LogP contribution in [0.2, 0.25) is 0 Å². The van der Waals surface area contributed by atoms with Gasteiger partial charge in [-0.25, -0.2) is 8.42 Å². The molecule has 0 radical (unpaired) electrons. The number of aliphatic hydroxyl groups is 1. The zero-order valence-corrected chi connectivity index (χ0v) is 11.6. The van der Waals surface area contributed by atoms with Crippen molar-refractivity contribution in [2.75, 3.05) is 6.54 Å². The molecule has 1 aromatic heterocycles. The van der Waals surface area contributed by atoms with E-state index in [2.05, 4.69) is 0 Å². The highest BCUT2D eigenvalue weighted by atomic mass is 32.2. The third kappa shape index (κ3) is 3.15. The largest absolute Gasteiger partial charge is 0.402 e. The van der Waals surface area contributed by atoms with E-state index < -0.39 is 28.8 Å². The van der Waals surface area contributed by atoms with Crippen LogP contribution in [0.15, 0.2) is 17.2 Å². The standard InChI is InChI=1S/C11H15F3N2O3S/c1-15-5-10(4-9(15)6-17)20(18,19)16(8-2-3-8)7-11(12,13)14/h4-5,8,17H,2-3,6-7H2,1H3. The summed E-state index contributed by atoms with van der Waals surface area (Å²) in [7, 11) is -2.68. The number of hydrogen-bond acceptors (Lipinski definition) is 3. The third-order valence-electron chi connectivity index (χ3n) is 3.14. The lowest BCUT2D eigenvalue weighted by atomic mass is 10.5. The number of alkyl halides is 3. The highest BCUT2D eigenvalue weighted by Gasteiger charge is 2.45. The number of hydrogen-bond donors (Lipinski definition) is 1. The molecule has 0 unspecified atom stereocenters. The molecular formula is C11H15F3N2O3S. The molecule has 1 aliphatic carbocycles. The van der Waals surface area contributed by atoms with Gasteiger partial charge in [0, 0.05) is 25.0 Å². The van der Waals surface area contributed by atoms with Gasteiger partial charge in [0.25, 0.3) is 0 Å². The smallest absolute Gasteiger partial charge is 0.390 e. The van der Waals surface area contributed by atoms with Crippen molar-refractivity contribution >= 4 is 10.0 Å². The van der Waals surface area contributed by atoms with Gasteiger partial charge in [0.05, 0.1) is 6.61 Å². The van der Waals surface area contributed by atoms with Crippen molar-refractivity contribution in [1.82, 2.24) is 8.87 Å². The van der Waals surface area contributed by atoms with Gasteiger partial charge < -0.3 is 9.67 Å². The number of aryl methyl sites for hydroxylation is 1. The van der Waals surface area contributed by atoms with Gasteiger partial charge in [-0.2, -0.15) is 17.5 Å². The lowest BCUT2D eigenvalue weighted by Crippen LogP contribution is -2.40. The minimum Gasteiger partial charge on any atom is -0.390 e. The maximum absolute atomic E-state index is 12.5. The van der Waals surface area contributed by atoms with Crippen LogP contribution in [0.3, 0.4) is 0 Å². The summed E-state index contributed by atoms with van der Waals surface area (Å²) >= 11 is 0. The van der Waals surface area contributed by atoms with Gasteiger partial charge in [0.15, 0.2) is 0 Å². The Morgan fingerprint density at radius 3 is 2.45 bits per heavy atom. The van der Waals surface area contributed by atoms with Crippen LogP contribution in [0.25, 0.3) is 0 Å². The molecule has 1 aliphatic rings. The number of nitrogens with zero attached hydrogens (tertiary/aromatic N) is 2. The molecule has 5 nitrogen and oxygen atoms in total. The molecule has 1 saturated carbocycles. The fourth-order valence-corrected chi connectivity index (χ4v) is 3.73. The van der Waals surface area contributed by atoms with E-state index in [0.717, 1.165) is 0 Å². The third-order valence-corrected chi connectivity index (χ3v) is 5.00. The molecule has 1 N–H and O–H groups in total. The Morgan fingerprint density at radius 1 is 1.45 bits per heavy atom. The second-order valence-electron chi connectivity index (χ2n) is 4.83. The van der Waals surface area contributed by atoms with Gasteiger partial charge in [-0.05, 0) is 18.9 Å². The van der Waals surface area contributed by atoms with E-state index in [1.54, 1.807) is 0 Å². The maximum atomic E-state index is 12.5. The van der Waals surface area contributed by atoms with Crippen LogP contribution in [0.4, 0.5) is 13.2 Å².